The van der Waals surface area contributed by atoms with Crippen molar-refractivity contribution in [3.8, 4) is 0 Å². The molecule has 0 radical (unpaired) electrons. The minimum Gasteiger partial charge on any atom is -0.481 e. The van der Waals surface area contributed by atoms with Crippen LogP contribution in [0, 0.1) is 0 Å². The SMILES string of the molecule is CC(CN1CCCCC1)NC(=O)NCC(C)(O)CC(=O)O. The number of aliphatic hydroxyl groups is 1. The fourth-order valence-electron chi connectivity index (χ4n) is 2.51. The number of piperidine rings is 1. The Labute approximate surface area is 125 Å². The van der Waals surface area contributed by atoms with Gasteiger partial charge in [0.25, 0.3) is 0 Å². The molecule has 1 aliphatic heterocycles. The number of carboxylic acid groups (broad SMARTS) is 1. The van der Waals surface area contributed by atoms with E-state index in [-0.39, 0.29) is 18.6 Å². The molecule has 1 rings (SSSR count). The van der Waals surface area contributed by atoms with Crippen LogP contribution in [0.1, 0.15) is 39.5 Å². The van der Waals surface area contributed by atoms with E-state index >= 15 is 0 Å². The Morgan fingerprint density at radius 3 is 2.48 bits per heavy atom. The average Bonchev–Trinajstić information content (AvgIpc) is 2.36. The predicted octanol–water partition coefficient (Wildman–Crippen LogP) is 0.386. The number of carboxylic acids is 1. The molecule has 4 N–H and O–H groups in total. The topological polar surface area (TPSA) is 102 Å². The highest BCUT2D eigenvalue weighted by Gasteiger charge is 2.25. The molecule has 21 heavy (non-hydrogen) atoms. The molecule has 1 fully saturated rings. The smallest absolute Gasteiger partial charge is 0.315 e. The van der Waals surface area contributed by atoms with Crippen molar-refractivity contribution >= 4 is 12.0 Å². The maximum absolute atomic E-state index is 11.7. The first-order chi connectivity index (χ1) is 9.78. The van der Waals surface area contributed by atoms with Crippen molar-refractivity contribution in [3.05, 3.63) is 0 Å². The fraction of sp³-hybridized carbons (Fsp3) is 0.857. The third kappa shape index (κ3) is 7.87. The summed E-state index contributed by atoms with van der Waals surface area (Å²) < 4.78 is 0. The molecule has 1 saturated heterocycles. The van der Waals surface area contributed by atoms with Crippen LogP contribution < -0.4 is 10.6 Å². The van der Waals surface area contributed by atoms with Gasteiger partial charge >= 0.3 is 12.0 Å². The van der Waals surface area contributed by atoms with Crippen LogP contribution in [0.15, 0.2) is 0 Å². The molecular weight excluding hydrogens is 274 g/mol. The quantitative estimate of drug-likeness (QED) is 0.545. The molecule has 7 heteroatoms. The highest BCUT2D eigenvalue weighted by molar-refractivity contribution is 5.74. The van der Waals surface area contributed by atoms with E-state index in [1.807, 2.05) is 6.92 Å². The van der Waals surface area contributed by atoms with E-state index in [9.17, 15) is 14.7 Å². The molecule has 0 aromatic rings. The van der Waals surface area contributed by atoms with Crippen LogP contribution in [-0.4, -0.2) is 64.9 Å². The summed E-state index contributed by atoms with van der Waals surface area (Å²) in [6.45, 7) is 6.17. The van der Waals surface area contributed by atoms with Crippen LogP contribution in [0.2, 0.25) is 0 Å². The van der Waals surface area contributed by atoms with Gasteiger partial charge in [-0.1, -0.05) is 6.42 Å². The minimum atomic E-state index is -1.45. The number of amides is 2. The molecule has 122 valence electrons. The van der Waals surface area contributed by atoms with Gasteiger partial charge in [0.05, 0.1) is 12.0 Å². The van der Waals surface area contributed by atoms with Crippen molar-refractivity contribution in [2.45, 2.75) is 51.2 Å². The second-order valence-corrected chi connectivity index (χ2v) is 6.16. The number of nitrogens with one attached hydrogen (secondary N) is 2. The number of carbonyl (C=O) groups excluding carboxylic acids is 1. The molecule has 2 amide bonds. The van der Waals surface area contributed by atoms with E-state index in [0.717, 1.165) is 19.6 Å². The van der Waals surface area contributed by atoms with Crippen LogP contribution in [0.3, 0.4) is 0 Å². The van der Waals surface area contributed by atoms with Crippen LogP contribution >= 0.6 is 0 Å². The average molecular weight is 301 g/mol. The zero-order valence-electron chi connectivity index (χ0n) is 12.9. The van der Waals surface area contributed by atoms with Crippen LogP contribution in [0.4, 0.5) is 4.79 Å². The van der Waals surface area contributed by atoms with E-state index in [0.29, 0.717) is 0 Å². The first-order valence-electron chi connectivity index (χ1n) is 7.49. The standard InChI is InChI=1S/C14H27N3O4/c1-11(9-17-6-4-3-5-7-17)16-13(20)15-10-14(2,21)8-12(18)19/h11,21H,3-10H2,1-2H3,(H,18,19)(H2,15,16,20). The fourth-order valence-corrected chi connectivity index (χ4v) is 2.51. The number of rotatable bonds is 7. The summed E-state index contributed by atoms with van der Waals surface area (Å²) in [6.07, 6.45) is 3.28. The minimum absolute atomic E-state index is 0.00697. The van der Waals surface area contributed by atoms with Crippen molar-refractivity contribution in [1.82, 2.24) is 15.5 Å². The number of urea groups is 1. The van der Waals surface area contributed by atoms with E-state index < -0.39 is 18.0 Å². The van der Waals surface area contributed by atoms with Gasteiger partial charge in [-0.15, -0.1) is 0 Å². The molecule has 1 aliphatic rings. The highest BCUT2D eigenvalue weighted by Crippen LogP contribution is 2.09. The number of likely N-dealkylation sites (tertiary alicyclic amines) is 1. The maximum Gasteiger partial charge on any atom is 0.315 e. The van der Waals surface area contributed by atoms with Crippen LogP contribution in [0.25, 0.3) is 0 Å². The Bertz CT molecular complexity index is 354. The molecule has 0 bridgehead atoms. The molecule has 0 spiro atoms. The van der Waals surface area contributed by atoms with Gasteiger partial charge in [-0.05, 0) is 39.8 Å². The Morgan fingerprint density at radius 2 is 1.90 bits per heavy atom. The lowest BCUT2D eigenvalue weighted by molar-refractivity contribution is -0.141. The summed E-state index contributed by atoms with van der Waals surface area (Å²) in [5, 5.41) is 23.8. The molecular formula is C14H27N3O4. The first-order valence-corrected chi connectivity index (χ1v) is 7.49. The van der Waals surface area contributed by atoms with E-state index in [1.54, 1.807) is 0 Å². The number of nitrogens with zero attached hydrogens (tertiary/aromatic N) is 1. The van der Waals surface area contributed by atoms with Gasteiger partial charge in [0.15, 0.2) is 0 Å². The summed E-state index contributed by atoms with van der Waals surface area (Å²) in [5.74, 6) is -1.10. The Hall–Kier alpha value is -1.34. The lowest BCUT2D eigenvalue weighted by atomic mass is 10.0. The summed E-state index contributed by atoms with van der Waals surface area (Å²) in [4.78, 5) is 24.6. The van der Waals surface area contributed by atoms with E-state index in [1.165, 1.54) is 26.2 Å². The van der Waals surface area contributed by atoms with Crippen LogP contribution in [-0.2, 0) is 4.79 Å². The maximum atomic E-state index is 11.7. The monoisotopic (exact) mass is 301 g/mol. The largest absolute Gasteiger partial charge is 0.481 e. The predicted molar refractivity (Wildman–Crippen MR) is 79.2 cm³/mol. The molecule has 7 nitrogen and oxygen atoms in total. The summed E-state index contributed by atoms with van der Waals surface area (Å²) in [7, 11) is 0. The molecule has 2 unspecified atom stereocenters. The summed E-state index contributed by atoms with van der Waals surface area (Å²) >= 11 is 0. The molecule has 0 aliphatic carbocycles. The normalized spacial score (nSPS) is 20.3. The summed E-state index contributed by atoms with van der Waals surface area (Å²) in [5.41, 5.74) is -1.45. The van der Waals surface area contributed by atoms with Gasteiger partial charge in [-0.25, -0.2) is 4.79 Å². The third-order valence-corrected chi connectivity index (χ3v) is 3.52. The zero-order valence-corrected chi connectivity index (χ0v) is 12.9. The van der Waals surface area contributed by atoms with E-state index in [2.05, 4.69) is 15.5 Å². The number of carbonyl (C=O) groups is 2. The van der Waals surface area contributed by atoms with Gasteiger partial charge in [0, 0.05) is 19.1 Å². The molecule has 2 atom stereocenters. The van der Waals surface area contributed by atoms with Gasteiger partial charge < -0.3 is 25.7 Å². The van der Waals surface area contributed by atoms with Crippen molar-refractivity contribution in [2.75, 3.05) is 26.2 Å². The number of aliphatic carboxylic acids is 1. The second-order valence-electron chi connectivity index (χ2n) is 6.16. The lowest BCUT2D eigenvalue weighted by Crippen LogP contribution is -2.50. The zero-order chi connectivity index (χ0) is 15.9. The van der Waals surface area contributed by atoms with Crippen molar-refractivity contribution < 1.29 is 19.8 Å². The van der Waals surface area contributed by atoms with Gasteiger partial charge in [-0.2, -0.15) is 0 Å². The Balaban J connectivity index is 2.24. The molecule has 1 heterocycles. The van der Waals surface area contributed by atoms with Crippen molar-refractivity contribution in [3.63, 3.8) is 0 Å². The van der Waals surface area contributed by atoms with E-state index in [4.69, 9.17) is 5.11 Å². The third-order valence-electron chi connectivity index (χ3n) is 3.52. The number of hydrogen-bond donors (Lipinski definition) is 4. The lowest BCUT2D eigenvalue weighted by Gasteiger charge is -2.29. The summed E-state index contributed by atoms with van der Waals surface area (Å²) in [6, 6.07) is -0.377. The highest BCUT2D eigenvalue weighted by atomic mass is 16.4. The van der Waals surface area contributed by atoms with Gasteiger partial charge in [-0.3, -0.25) is 4.79 Å². The Kier molecular flexibility index (Phi) is 6.91. The van der Waals surface area contributed by atoms with Crippen LogP contribution in [0.5, 0.6) is 0 Å². The Morgan fingerprint density at radius 1 is 1.29 bits per heavy atom. The second kappa shape index (κ2) is 8.19. The molecule has 0 aromatic carbocycles. The number of hydrogen-bond acceptors (Lipinski definition) is 4. The van der Waals surface area contributed by atoms with Crippen molar-refractivity contribution in [1.29, 1.82) is 0 Å². The first kappa shape index (κ1) is 17.7. The van der Waals surface area contributed by atoms with Crippen molar-refractivity contribution in [2.24, 2.45) is 0 Å². The molecule has 0 aromatic heterocycles. The van der Waals surface area contributed by atoms with Gasteiger partial charge in [0.2, 0.25) is 0 Å². The van der Waals surface area contributed by atoms with Gasteiger partial charge in [0.1, 0.15) is 0 Å². The molecule has 0 saturated carbocycles.